The largest absolute Gasteiger partial charge is 0.370 e. The maximum absolute atomic E-state index is 13.2. The Hall–Kier alpha value is -3.52. The van der Waals surface area contributed by atoms with Crippen LogP contribution in [0.4, 0.5) is 0 Å². The van der Waals surface area contributed by atoms with Crippen molar-refractivity contribution in [3.63, 3.8) is 0 Å². The summed E-state index contributed by atoms with van der Waals surface area (Å²) >= 11 is 0. The average Bonchev–Trinajstić information content (AvgIpc) is 3.52. The van der Waals surface area contributed by atoms with Gasteiger partial charge in [0, 0.05) is 41.8 Å². The summed E-state index contributed by atoms with van der Waals surface area (Å²) in [7, 11) is 0. The molecule has 1 fully saturated rings. The van der Waals surface area contributed by atoms with E-state index in [1.807, 2.05) is 38.1 Å². The zero-order chi connectivity index (χ0) is 21.5. The molecule has 0 radical (unpaired) electrons. The third-order valence-electron chi connectivity index (χ3n) is 5.78. The van der Waals surface area contributed by atoms with E-state index in [9.17, 15) is 9.90 Å². The smallest absolute Gasteiger partial charge is 0.252 e. The normalized spacial score (nSPS) is 18.7. The topological polar surface area (TPSA) is 105 Å². The monoisotopic (exact) mass is 416 g/mol. The minimum absolute atomic E-state index is 0.206. The Balaban J connectivity index is 1.50. The number of allylic oxidation sites excluding steroid dienone is 3. The van der Waals surface area contributed by atoms with Gasteiger partial charge in [0.1, 0.15) is 6.23 Å². The van der Waals surface area contributed by atoms with Gasteiger partial charge in [-0.05, 0) is 56.5 Å². The van der Waals surface area contributed by atoms with Crippen molar-refractivity contribution in [2.45, 2.75) is 38.8 Å². The number of pyridine rings is 2. The number of fused-ring (bicyclic) bond motifs is 1. The quantitative estimate of drug-likeness (QED) is 0.590. The minimum Gasteiger partial charge on any atom is -0.370 e. The molecule has 5 rings (SSSR count). The van der Waals surface area contributed by atoms with E-state index in [0.29, 0.717) is 22.5 Å². The lowest BCUT2D eigenvalue weighted by Gasteiger charge is -2.24. The van der Waals surface area contributed by atoms with Gasteiger partial charge in [-0.25, -0.2) is 9.67 Å². The Bertz CT molecular complexity index is 1220. The number of aliphatic hydroxyl groups is 1. The van der Waals surface area contributed by atoms with Gasteiger partial charge in [0.15, 0.2) is 5.65 Å². The van der Waals surface area contributed by atoms with Crippen LogP contribution in [0.25, 0.3) is 16.7 Å². The van der Waals surface area contributed by atoms with Crippen LogP contribution >= 0.6 is 0 Å². The SMILES string of the molecule is CC1=CC(C)=C(CNC(=O)c2cc(C3CC3)nc3c2cnn3-c2ccncc2)C(O)N1. The van der Waals surface area contributed by atoms with E-state index in [-0.39, 0.29) is 12.5 Å². The Morgan fingerprint density at radius 1 is 1.29 bits per heavy atom. The summed E-state index contributed by atoms with van der Waals surface area (Å²) in [4.78, 5) is 22.1. The Labute approximate surface area is 179 Å². The van der Waals surface area contributed by atoms with Crippen LogP contribution in [-0.4, -0.2) is 43.5 Å². The van der Waals surface area contributed by atoms with Crippen LogP contribution in [0.1, 0.15) is 48.7 Å². The lowest BCUT2D eigenvalue weighted by molar-refractivity contribution is 0.0954. The number of nitrogens with one attached hydrogen (secondary N) is 2. The van der Waals surface area contributed by atoms with Crippen molar-refractivity contribution in [3.05, 3.63) is 71.0 Å². The number of dihydropyridines is 1. The van der Waals surface area contributed by atoms with Crippen molar-refractivity contribution >= 4 is 16.9 Å². The highest BCUT2D eigenvalue weighted by molar-refractivity contribution is 6.05. The molecular weight excluding hydrogens is 392 g/mol. The molecule has 1 saturated carbocycles. The van der Waals surface area contributed by atoms with Crippen LogP contribution < -0.4 is 10.6 Å². The molecule has 31 heavy (non-hydrogen) atoms. The molecule has 1 amide bonds. The molecule has 8 nitrogen and oxygen atoms in total. The third-order valence-corrected chi connectivity index (χ3v) is 5.78. The molecular formula is C23H24N6O2. The number of aliphatic hydroxyl groups excluding tert-OH is 1. The summed E-state index contributed by atoms with van der Waals surface area (Å²) in [6.07, 6.45) is 8.41. The van der Waals surface area contributed by atoms with E-state index < -0.39 is 6.23 Å². The molecule has 1 aliphatic heterocycles. The molecule has 3 N–H and O–H groups in total. The first kappa shape index (κ1) is 19.4. The third kappa shape index (κ3) is 3.70. The second-order valence-corrected chi connectivity index (χ2v) is 8.13. The summed E-state index contributed by atoms with van der Waals surface area (Å²) < 4.78 is 1.74. The predicted molar refractivity (Wildman–Crippen MR) is 117 cm³/mol. The van der Waals surface area contributed by atoms with Crippen molar-refractivity contribution < 1.29 is 9.90 Å². The summed E-state index contributed by atoms with van der Waals surface area (Å²) in [5.41, 5.74) is 5.57. The van der Waals surface area contributed by atoms with E-state index in [4.69, 9.17) is 4.98 Å². The molecule has 3 aromatic rings. The second-order valence-electron chi connectivity index (χ2n) is 8.13. The van der Waals surface area contributed by atoms with E-state index in [0.717, 1.165) is 41.1 Å². The van der Waals surface area contributed by atoms with Crippen molar-refractivity contribution in [2.75, 3.05) is 6.54 Å². The van der Waals surface area contributed by atoms with Gasteiger partial charge in [0.05, 0.1) is 22.8 Å². The number of rotatable bonds is 5. The van der Waals surface area contributed by atoms with Gasteiger partial charge in [-0.1, -0.05) is 0 Å². The van der Waals surface area contributed by atoms with E-state index >= 15 is 0 Å². The van der Waals surface area contributed by atoms with Gasteiger partial charge >= 0.3 is 0 Å². The highest BCUT2D eigenvalue weighted by Gasteiger charge is 2.28. The summed E-state index contributed by atoms with van der Waals surface area (Å²) in [6.45, 7) is 4.09. The van der Waals surface area contributed by atoms with Crippen LogP contribution in [-0.2, 0) is 0 Å². The number of amides is 1. The lowest BCUT2D eigenvalue weighted by Crippen LogP contribution is -2.38. The minimum atomic E-state index is -0.806. The lowest BCUT2D eigenvalue weighted by atomic mass is 10.0. The molecule has 1 atom stereocenters. The van der Waals surface area contributed by atoms with Gasteiger partial charge in [-0.15, -0.1) is 0 Å². The molecule has 158 valence electrons. The number of hydrogen-bond donors (Lipinski definition) is 3. The van der Waals surface area contributed by atoms with Crippen LogP contribution in [0.5, 0.6) is 0 Å². The Morgan fingerprint density at radius 2 is 2.06 bits per heavy atom. The van der Waals surface area contributed by atoms with Gasteiger partial charge in [-0.2, -0.15) is 5.10 Å². The molecule has 0 saturated heterocycles. The summed E-state index contributed by atoms with van der Waals surface area (Å²) in [6, 6.07) is 5.61. The number of aromatic nitrogens is 4. The fourth-order valence-corrected chi connectivity index (χ4v) is 3.95. The molecule has 1 unspecified atom stereocenters. The van der Waals surface area contributed by atoms with Crippen LogP contribution in [0, 0.1) is 0 Å². The molecule has 0 bridgehead atoms. The fraction of sp³-hybridized carbons (Fsp3) is 0.304. The van der Waals surface area contributed by atoms with Crippen molar-refractivity contribution in [1.82, 2.24) is 30.4 Å². The van der Waals surface area contributed by atoms with E-state index in [1.165, 1.54) is 0 Å². The number of carbonyl (C=O) groups is 1. The first-order valence-corrected chi connectivity index (χ1v) is 10.4. The van der Waals surface area contributed by atoms with Crippen LogP contribution in [0.2, 0.25) is 0 Å². The fourth-order valence-electron chi connectivity index (χ4n) is 3.95. The molecule has 2 aliphatic rings. The molecule has 3 aromatic heterocycles. The molecule has 8 heteroatoms. The molecule has 1 aliphatic carbocycles. The first-order valence-electron chi connectivity index (χ1n) is 10.4. The van der Waals surface area contributed by atoms with Crippen molar-refractivity contribution in [3.8, 4) is 5.69 Å². The van der Waals surface area contributed by atoms with Gasteiger partial charge in [0.25, 0.3) is 5.91 Å². The standard InChI is InChI=1S/C23H24N6O2/c1-13-9-14(2)27-23(31)18(13)11-25-22(30)17-10-20(15-3-4-15)28-21-19(17)12-26-29(21)16-5-7-24-8-6-16/h5-10,12,15,23,27,31H,3-4,11H2,1-2H3,(H,25,30). The van der Waals surface area contributed by atoms with E-state index in [2.05, 4.69) is 20.7 Å². The van der Waals surface area contributed by atoms with Gasteiger partial charge < -0.3 is 15.7 Å². The molecule has 0 spiro atoms. The van der Waals surface area contributed by atoms with Crippen molar-refractivity contribution in [2.24, 2.45) is 0 Å². The van der Waals surface area contributed by atoms with E-state index in [1.54, 1.807) is 23.3 Å². The molecule has 0 aromatic carbocycles. The summed E-state index contributed by atoms with van der Waals surface area (Å²) in [5.74, 6) is 0.182. The Morgan fingerprint density at radius 3 is 2.77 bits per heavy atom. The maximum Gasteiger partial charge on any atom is 0.252 e. The van der Waals surface area contributed by atoms with Crippen LogP contribution in [0.15, 0.2) is 59.7 Å². The highest BCUT2D eigenvalue weighted by Crippen LogP contribution is 2.40. The zero-order valence-electron chi connectivity index (χ0n) is 17.5. The van der Waals surface area contributed by atoms with Gasteiger partial charge in [-0.3, -0.25) is 9.78 Å². The van der Waals surface area contributed by atoms with Crippen molar-refractivity contribution in [1.29, 1.82) is 0 Å². The number of hydrogen-bond acceptors (Lipinski definition) is 6. The Kier molecular flexibility index (Phi) is 4.78. The average molecular weight is 416 g/mol. The first-order chi connectivity index (χ1) is 15.0. The highest BCUT2D eigenvalue weighted by atomic mass is 16.3. The molecule has 4 heterocycles. The number of nitrogens with zero attached hydrogens (tertiary/aromatic N) is 4. The van der Waals surface area contributed by atoms with Crippen LogP contribution in [0.3, 0.4) is 0 Å². The second kappa shape index (κ2) is 7.63. The maximum atomic E-state index is 13.2. The summed E-state index contributed by atoms with van der Waals surface area (Å²) in [5, 5.41) is 21.5. The predicted octanol–water partition coefficient (Wildman–Crippen LogP) is 2.56. The van der Waals surface area contributed by atoms with Gasteiger partial charge in [0.2, 0.25) is 0 Å². The number of carbonyl (C=O) groups excluding carboxylic acids is 1. The zero-order valence-corrected chi connectivity index (χ0v) is 17.5.